The van der Waals surface area contributed by atoms with E-state index in [-0.39, 0.29) is 30.9 Å². The van der Waals surface area contributed by atoms with Crippen molar-refractivity contribution >= 4 is 17.7 Å². The SMILES string of the molecule is N#C[C@@H]1CN(C(=O)OCc2ccccc2)C[C@H]1NC(=O)c1ccc([N+](=O)[O-])cc1. The van der Waals surface area contributed by atoms with Crippen molar-refractivity contribution in [1.29, 1.82) is 5.26 Å². The van der Waals surface area contributed by atoms with Gasteiger partial charge in [0, 0.05) is 30.8 Å². The van der Waals surface area contributed by atoms with Crippen LogP contribution in [0.4, 0.5) is 10.5 Å². The highest BCUT2D eigenvalue weighted by molar-refractivity contribution is 5.94. The first-order valence-corrected chi connectivity index (χ1v) is 8.88. The van der Waals surface area contributed by atoms with E-state index < -0.39 is 28.9 Å². The Morgan fingerprint density at radius 2 is 1.86 bits per heavy atom. The van der Waals surface area contributed by atoms with Crippen LogP contribution in [0.25, 0.3) is 0 Å². The number of nitrogens with zero attached hydrogens (tertiary/aromatic N) is 3. The number of nitrogens with one attached hydrogen (secondary N) is 1. The Bertz CT molecular complexity index is 940. The second-order valence-electron chi connectivity index (χ2n) is 6.56. The molecule has 9 heteroatoms. The molecule has 9 nitrogen and oxygen atoms in total. The van der Waals surface area contributed by atoms with E-state index in [0.29, 0.717) is 0 Å². The number of nitro benzene ring substituents is 1. The fourth-order valence-electron chi connectivity index (χ4n) is 3.03. The molecule has 0 aromatic heterocycles. The Balaban J connectivity index is 1.58. The average molecular weight is 394 g/mol. The molecular formula is C20H18N4O5. The van der Waals surface area contributed by atoms with Crippen molar-refractivity contribution in [3.63, 3.8) is 0 Å². The molecule has 0 bridgehead atoms. The third kappa shape index (κ3) is 4.87. The number of nitro groups is 1. The maximum absolute atomic E-state index is 12.4. The Morgan fingerprint density at radius 1 is 1.17 bits per heavy atom. The van der Waals surface area contributed by atoms with Gasteiger partial charge in [-0.25, -0.2) is 4.79 Å². The summed E-state index contributed by atoms with van der Waals surface area (Å²) in [5.74, 6) is -1.05. The number of carbonyl (C=O) groups excluding carboxylic acids is 2. The van der Waals surface area contributed by atoms with E-state index in [9.17, 15) is 25.0 Å². The molecule has 2 aromatic carbocycles. The Hall–Kier alpha value is -3.93. The molecule has 1 fully saturated rings. The van der Waals surface area contributed by atoms with Crippen LogP contribution in [0.15, 0.2) is 54.6 Å². The molecule has 1 saturated heterocycles. The van der Waals surface area contributed by atoms with Crippen molar-refractivity contribution < 1.29 is 19.2 Å². The van der Waals surface area contributed by atoms with E-state index in [1.54, 1.807) is 0 Å². The van der Waals surface area contributed by atoms with Gasteiger partial charge >= 0.3 is 6.09 Å². The van der Waals surface area contributed by atoms with E-state index in [2.05, 4.69) is 11.4 Å². The number of likely N-dealkylation sites (tertiary alicyclic amines) is 1. The minimum atomic E-state index is -0.582. The number of ether oxygens (including phenoxy) is 1. The van der Waals surface area contributed by atoms with Gasteiger partial charge in [-0.2, -0.15) is 5.26 Å². The highest BCUT2D eigenvalue weighted by Crippen LogP contribution is 2.19. The van der Waals surface area contributed by atoms with Crippen LogP contribution in [0, 0.1) is 27.4 Å². The van der Waals surface area contributed by atoms with Crippen LogP contribution < -0.4 is 5.32 Å². The van der Waals surface area contributed by atoms with Crippen LogP contribution >= 0.6 is 0 Å². The molecule has 2 amide bonds. The molecule has 1 aliphatic rings. The van der Waals surface area contributed by atoms with Gasteiger partial charge in [0.05, 0.1) is 23.0 Å². The van der Waals surface area contributed by atoms with Crippen LogP contribution in [0.1, 0.15) is 15.9 Å². The van der Waals surface area contributed by atoms with Gasteiger partial charge in [0.15, 0.2) is 0 Å². The summed E-state index contributed by atoms with van der Waals surface area (Å²) in [7, 11) is 0. The molecule has 0 radical (unpaired) electrons. The number of rotatable bonds is 5. The average Bonchev–Trinajstić information content (AvgIpc) is 3.15. The monoisotopic (exact) mass is 394 g/mol. The maximum atomic E-state index is 12.4. The lowest BCUT2D eigenvalue weighted by Crippen LogP contribution is -2.40. The van der Waals surface area contributed by atoms with Crippen LogP contribution in [-0.4, -0.2) is 41.0 Å². The fourth-order valence-corrected chi connectivity index (χ4v) is 3.03. The summed E-state index contributed by atoms with van der Waals surface area (Å²) in [4.78, 5) is 36.2. The first-order valence-electron chi connectivity index (χ1n) is 8.88. The molecule has 0 aliphatic carbocycles. The zero-order chi connectivity index (χ0) is 20.8. The van der Waals surface area contributed by atoms with Gasteiger partial charge in [0.1, 0.15) is 6.61 Å². The molecule has 148 valence electrons. The first-order chi connectivity index (χ1) is 14.0. The summed E-state index contributed by atoms with van der Waals surface area (Å²) < 4.78 is 5.28. The summed E-state index contributed by atoms with van der Waals surface area (Å²) in [6.45, 7) is 0.410. The minimum absolute atomic E-state index is 0.118. The smallest absolute Gasteiger partial charge is 0.410 e. The van der Waals surface area contributed by atoms with Crippen molar-refractivity contribution in [3.05, 3.63) is 75.8 Å². The van der Waals surface area contributed by atoms with Crippen LogP contribution in [0.5, 0.6) is 0 Å². The molecule has 0 spiro atoms. The summed E-state index contributed by atoms with van der Waals surface area (Å²) in [5.41, 5.74) is 0.960. The van der Waals surface area contributed by atoms with Gasteiger partial charge in [-0.3, -0.25) is 14.9 Å². The van der Waals surface area contributed by atoms with Crippen LogP contribution in [0.3, 0.4) is 0 Å². The van der Waals surface area contributed by atoms with Crippen molar-refractivity contribution in [3.8, 4) is 6.07 Å². The van der Waals surface area contributed by atoms with Crippen molar-refractivity contribution in [2.45, 2.75) is 12.6 Å². The number of nitriles is 1. The van der Waals surface area contributed by atoms with Crippen LogP contribution in [-0.2, 0) is 11.3 Å². The molecule has 1 aliphatic heterocycles. The number of non-ortho nitro benzene ring substituents is 1. The topological polar surface area (TPSA) is 126 Å². The third-order valence-electron chi connectivity index (χ3n) is 4.61. The largest absolute Gasteiger partial charge is 0.445 e. The van der Waals surface area contributed by atoms with Gasteiger partial charge in [-0.05, 0) is 17.7 Å². The summed E-state index contributed by atoms with van der Waals surface area (Å²) in [6, 6.07) is 15.9. The van der Waals surface area contributed by atoms with Gasteiger partial charge in [0.25, 0.3) is 11.6 Å². The van der Waals surface area contributed by atoms with E-state index in [1.807, 2.05) is 30.3 Å². The molecule has 0 unspecified atom stereocenters. The Labute approximate surface area is 166 Å². The number of carbonyl (C=O) groups is 2. The zero-order valence-corrected chi connectivity index (χ0v) is 15.4. The molecule has 2 aromatic rings. The zero-order valence-electron chi connectivity index (χ0n) is 15.4. The summed E-state index contributed by atoms with van der Waals surface area (Å²) in [6.07, 6.45) is -0.554. The van der Waals surface area contributed by atoms with E-state index in [1.165, 1.54) is 29.2 Å². The Morgan fingerprint density at radius 3 is 2.48 bits per heavy atom. The quantitative estimate of drug-likeness (QED) is 0.613. The molecule has 1 N–H and O–H groups in total. The minimum Gasteiger partial charge on any atom is -0.445 e. The third-order valence-corrected chi connectivity index (χ3v) is 4.61. The molecule has 29 heavy (non-hydrogen) atoms. The highest BCUT2D eigenvalue weighted by atomic mass is 16.6. The highest BCUT2D eigenvalue weighted by Gasteiger charge is 2.37. The number of benzene rings is 2. The van der Waals surface area contributed by atoms with Crippen molar-refractivity contribution in [2.24, 2.45) is 5.92 Å². The first kappa shape index (κ1) is 19.8. The van der Waals surface area contributed by atoms with Crippen molar-refractivity contribution in [2.75, 3.05) is 13.1 Å². The number of hydrogen-bond acceptors (Lipinski definition) is 6. The van der Waals surface area contributed by atoms with E-state index in [0.717, 1.165) is 5.56 Å². The second-order valence-corrected chi connectivity index (χ2v) is 6.56. The van der Waals surface area contributed by atoms with Crippen molar-refractivity contribution in [1.82, 2.24) is 10.2 Å². The summed E-state index contributed by atoms with van der Waals surface area (Å²) in [5, 5.41) is 22.8. The molecular weight excluding hydrogens is 376 g/mol. The van der Waals surface area contributed by atoms with E-state index >= 15 is 0 Å². The predicted octanol–water partition coefficient (Wildman–Crippen LogP) is 2.49. The van der Waals surface area contributed by atoms with E-state index in [4.69, 9.17) is 4.74 Å². The lowest BCUT2D eigenvalue weighted by Gasteiger charge is -2.17. The second kappa shape index (κ2) is 8.84. The lowest BCUT2D eigenvalue weighted by molar-refractivity contribution is -0.384. The normalized spacial score (nSPS) is 18.0. The fraction of sp³-hybridized carbons (Fsp3) is 0.250. The standard InChI is InChI=1S/C20H18N4O5/c21-10-16-11-23(20(26)29-13-14-4-2-1-3-5-14)12-18(16)22-19(25)15-6-8-17(9-7-15)24(27)28/h1-9,16,18H,11-13H2,(H,22,25)/t16-,18-/m1/s1. The number of hydrogen-bond donors (Lipinski definition) is 1. The van der Waals surface area contributed by atoms with Gasteiger partial charge in [-0.15, -0.1) is 0 Å². The predicted molar refractivity (Wildman–Crippen MR) is 102 cm³/mol. The molecule has 3 rings (SSSR count). The molecule has 1 heterocycles. The lowest BCUT2D eigenvalue weighted by atomic mass is 10.1. The van der Waals surface area contributed by atoms with Gasteiger partial charge in [-0.1, -0.05) is 30.3 Å². The maximum Gasteiger partial charge on any atom is 0.410 e. The Kier molecular flexibility index (Phi) is 6.04. The van der Waals surface area contributed by atoms with Gasteiger partial charge in [0.2, 0.25) is 0 Å². The summed E-state index contributed by atoms with van der Waals surface area (Å²) >= 11 is 0. The van der Waals surface area contributed by atoms with Crippen LogP contribution in [0.2, 0.25) is 0 Å². The number of amides is 2. The van der Waals surface area contributed by atoms with Gasteiger partial charge < -0.3 is 15.0 Å². The molecule has 2 atom stereocenters. The molecule has 0 saturated carbocycles.